The number of alkyl halides is 15. The second kappa shape index (κ2) is 16.4. The molecule has 10 aromatic rings. The second-order valence-electron chi connectivity index (χ2n) is 16.8. The van der Waals surface area contributed by atoms with Crippen molar-refractivity contribution in [2.24, 2.45) is 0 Å². The van der Waals surface area contributed by atoms with Gasteiger partial charge in [0.15, 0.2) is 0 Å². The molecule has 0 spiro atoms. The third-order valence-electron chi connectivity index (χ3n) is 12.4. The van der Waals surface area contributed by atoms with Crippen molar-refractivity contribution in [1.82, 2.24) is 9.13 Å². The van der Waals surface area contributed by atoms with Crippen LogP contribution in [0.2, 0.25) is 0 Å². The number of nitrogens with zero attached hydrogens (tertiary/aromatic N) is 3. The first-order chi connectivity index (χ1) is 33.8. The van der Waals surface area contributed by atoms with Crippen LogP contribution in [0.25, 0.3) is 88.4 Å². The van der Waals surface area contributed by atoms with E-state index in [9.17, 15) is 57.9 Å². The third kappa shape index (κ3) is 8.31. The van der Waals surface area contributed by atoms with Crippen molar-refractivity contribution < 1.29 is 65.9 Å². The Morgan fingerprint density at radius 2 is 0.667 bits per heavy atom. The van der Waals surface area contributed by atoms with Crippen molar-refractivity contribution in [1.29, 1.82) is 5.26 Å². The third-order valence-corrected chi connectivity index (χ3v) is 12.4. The van der Waals surface area contributed by atoms with Gasteiger partial charge >= 0.3 is 30.9 Å². The maximum atomic E-state index is 16.4. The summed E-state index contributed by atoms with van der Waals surface area (Å²) in [6.45, 7) is 0. The molecule has 0 N–H and O–H groups in total. The van der Waals surface area contributed by atoms with E-state index in [4.69, 9.17) is 0 Å². The van der Waals surface area contributed by atoms with Gasteiger partial charge in [0.1, 0.15) is 5.56 Å². The Labute approximate surface area is 395 Å². The molecule has 0 fully saturated rings. The van der Waals surface area contributed by atoms with Crippen LogP contribution in [0.1, 0.15) is 33.4 Å². The van der Waals surface area contributed by atoms with E-state index in [1.807, 2.05) is 6.07 Å². The number of hydrogen-bond acceptors (Lipinski definition) is 1. The summed E-state index contributed by atoms with van der Waals surface area (Å²) in [5, 5.41) is 10.7. The Morgan fingerprint density at radius 1 is 0.306 bits per heavy atom. The summed E-state index contributed by atoms with van der Waals surface area (Å²) >= 11 is 0. The van der Waals surface area contributed by atoms with E-state index >= 15 is 13.2 Å². The number of rotatable bonds is 5. The van der Waals surface area contributed by atoms with Crippen LogP contribution >= 0.6 is 0 Å². The average Bonchev–Trinajstić information content (AvgIpc) is 3.84. The fourth-order valence-corrected chi connectivity index (χ4v) is 9.26. The van der Waals surface area contributed by atoms with Crippen LogP contribution in [0.4, 0.5) is 65.9 Å². The highest BCUT2D eigenvalue weighted by Crippen LogP contribution is 2.48. The number of aromatic nitrogens is 2. The first kappa shape index (κ1) is 47.5. The zero-order chi connectivity index (χ0) is 51.4. The first-order valence-corrected chi connectivity index (χ1v) is 21.2. The summed E-state index contributed by atoms with van der Waals surface area (Å²) in [6.07, 6.45) is -26.0. The summed E-state index contributed by atoms with van der Waals surface area (Å²) in [5.74, 6) is 0. The lowest BCUT2D eigenvalue weighted by Gasteiger charge is -2.23. The highest BCUT2D eigenvalue weighted by Gasteiger charge is 2.41. The van der Waals surface area contributed by atoms with Gasteiger partial charge < -0.3 is 9.13 Å². The first-order valence-electron chi connectivity index (χ1n) is 21.2. The van der Waals surface area contributed by atoms with Gasteiger partial charge in [0.2, 0.25) is 0 Å². The zero-order valence-electron chi connectivity index (χ0n) is 36.0. The van der Waals surface area contributed by atoms with Gasteiger partial charge in [-0.1, -0.05) is 60.7 Å². The van der Waals surface area contributed by atoms with Gasteiger partial charge in [-0.2, -0.15) is 71.1 Å². The van der Waals surface area contributed by atoms with Crippen LogP contribution in [0.15, 0.2) is 158 Å². The topological polar surface area (TPSA) is 33.6 Å². The number of para-hydroxylation sites is 2. The van der Waals surface area contributed by atoms with Crippen molar-refractivity contribution in [3.63, 3.8) is 0 Å². The molecular formula is C54H26F15N3. The molecule has 8 aromatic carbocycles. The molecule has 72 heavy (non-hydrogen) atoms. The Hall–Kier alpha value is -8.20. The number of hydrogen-bond donors (Lipinski definition) is 0. The lowest BCUT2D eigenvalue weighted by molar-refractivity contribution is -0.144. The van der Waals surface area contributed by atoms with Gasteiger partial charge in [0.05, 0.1) is 67.3 Å². The van der Waals surface area contributed by atoms with Crippen molar-refractivity contribution in [3.8, 4) is 50.8 Å². The fraction of sp³-hybridized carbons (Fsp3) is 0.0926. The minimum atomic E-state index is -5.25. The van der Waals surface area contributed by atoms with Crippen molar-refractivity contribution in [2.45, 2.75) is 30.9 Å². The van der Waals surface area contributed by atoms with E-state index in [1.54, 1.807) is 18.2 Å². The van der Waals surface area contributed by atoms with Crippen LogP contribution in [0.3, 0.4) is 0 Å². The van der Waals surface area contributed by atoms with Gasteiger partial charge in [0.25, 0.3) is 0 Å². The Bertz CT molecular complexity index is 3600. The van der Waals surface area contributed by atoms with E-state index < -0.39 is 81.2 Å². The van der Waals surface area contributed by atoms with Gasteiger partial charge in [0, 0.05) is 21.5 Å². The summed E-state index contributed by atoms with van der Waals surface area (Å²) in [7, 11) is 0. The van der Waals surface area contributed by atoms with Gasteiger partial charge in [-0.3, -0.25) is 0 Å². The molecule has 0 aliphatic rings. The van der Waals surface area contributed by atoms with Crippen LogP contribution in [0, 0.1) is 11.3 Å². The van der Waals surface area contributed by atoms with E-state index in [1.165, 1.54) is 112 Å². The summed E-state index contributed by atoms with van der Waals surface area (Å²) in [4.78, 5) is 0. The number of benzene rings is 8. The molecule has 0 bridgehead atoms. The van der Waals surface area contributed by atoms with Gasteiger partial charge in [-0.15, -0.1) is 0 Å². The predicted molar refractivity (Wildman–Crippen MR) is 241 cm³/mol. The van der Waals surface area contributed by atoms with Crippen molar-refractivity contribution in [2.75, 3.05) is 0 Å². The Kier molecular flexibility index (Phi) is 10.8. The normalized spacial score (nSPS) is 12.9. The largest absolute Gasteiger partial charge is 0.420 e. The van der Waals surface area contributed by atoms with E-state index in [0.717, 1.165) is 0 Å². The number of nitriles is 1. The standard InChI is InChI=1S/C54H26F15N3/c55-50(56,57)35-17-32(18-36(25-35)51(58,59)60)30-12-14-45-41(21-30)39-8-1-3-10-43(39)71(45)47-23-34(29-7-5-6-28(16-29)27-70)24-48(49(47)54(67,68)69)72-44-11-4-2-9-40(44)42-22-31(13-15-46(42)72)33-19-37(52(61,62)63)26-38(20-33)53(64,65)66/h1-26H. The highest BCUT2D eigenvalue weighted by molar-refractivity contribution is 6.12. The summed E-state index contributed by atoms with van der Waals surface area (Å²) < 4.78 is 220. The van der Waals surface area contributed by atoms with Crippen LogP contribution < -0.4 is 0 Å². The van der Waals surface area contributed by atoms with E-state index in [2.05, 4.69) is 0 Å². The van der Waals surface area contributed by atoms with E-state index in [-0.39, 0.29) is 83.6 Å². The fourth-order valence-electron chi connectivity index (χ4n) is 9.26. The molecule has 0 atom stereocenters. The molecule has 0 radical (unpaired) electrons. The maximum absolute atomic E-state index is 16.4. The maximum Gasteiger partial charge on any atom is 0.420 e. The Balaban J connectivity index is 1.28. The van der Waals surface area contributed by atoms with Crippen LogP contribution in [-0.2, 0) is 30.9 Å². The molecule has 0 saturated carbocycles. The Morgan fingerprint density at radius 3 is 1.04 bits per heavy atom. The SMILES string of the molecule is N#Cc1cccc(-c2cc(-n3c4ccccc4c4cc(-c5cc(C(F)(F)F)cc(C(F)(F)F)c5)ccc43)c(C(F)(F)F)c(-n3c4ccccc4c4cc(-c5cc(C(F)(F)F)cc(C(F)(F)F)c5)ccc43)c2)c1. The molecule has 0 aliphatic heterocycles. The van der Waals surface area contributed by atoms with Gasteiger partial charge in [-0.05, 0) is 130 Å². The quantitative estimate of drug-likeness (QED) is 0.158. The molecule has 0 aliphatic carbocycles. The van der Waals surface area contributed by atoms with Crippen molar-refractivity contribution in [3.05, 3.63) is 191 Å². The smallest absolute Gasteiger partial charge is 0.309 e. The highest BCUT2D eigenvalue weighted by atomic mass is 19.4. The molecule has 18 heteroatoms. The molecule has 0 unspecified atom stereocenters. The summed E-state index contributed by atoms with van der Waals surface area (Å²) in [6, 6.07) is 32.1. The molecule has 0 amide bonds. The summed E-state index contributed by atoms with van der Waals surface area (Å²) in [5.41, 5.74) is -8.90. The van der Waals surface area contributed by atoms with Crippen LogP contribution in [-0.4, -0.2) is 9.13 Å². The lowest BCUT2D eigenvalue weighted by atomic mass is 9.97. The number of fused-ring (bicyclic) bond motifs is 6. The van der Waals surface area contributed by atoms with E-state index in [0.29, 0.717) is 24.3 Å². The van der Waals surface area contributed by atoms with Crippen LogP contribution in [0.5, 0.6) is 0 Å². The molecule has 0 saturated heterocycles. The second-order valence-corrected chi connectivity index (χ2v) is 16.8. The lowest BCUT2D eigenvalue weighted by Crippen LogP contribution is -2.16. The number of halogens is 15. The minimum Gasteiger partial charge on any atom is -0.309 e. The molecule has 362 valence electrons. The van der Waals surface area contributed by atoms with Crippen molar-refractivity contribution >= 4 is 43.6 Å². The monoisotopic (exact) mass is 1000 g/mol. The molecule has 2 aromatic heterocycles. The molecular weight excluding hydrogens is 976 g/mol. The molecule has 2 heterocycles. The average molecular weight is 1000 g/mol. The molecule has 10 rings (SSSR count). The predicted octanol–water partition coefficient (Wildman–Crippen LogP) is 17.8. The zero-order valence-corrected chi connectivity index (χ0v) is 36.0. The molecule has 3 nitrogen and oxygen atoms in total. The van der Waals surface area contributed by atoms with Gasteiger partial charge in [-0.25, -0.2) is 0 Å². The minimum absolute atomic E-state index is 0.0249.